The lowest BCUT2D eigenvalue weighted by Crippen LogP contribution is -2.44. The Morgan fingerprint density at radius 2 is 1.94 bits per heavy atom. The Bertz CT molecular complexity index is 385. The van der Waals surface area contributed by atoms with E-state index in [1.807, 2.05) is 45.0 Å². The summed E-state index contributed by atoms with van der Waals surface area (Å²) < 4.78 is 5.36. The van der Waals surface area contributed by atoms with Gasteiger partial charge in [0.25, 0.3) is 0 Å². The fourth-order valence-electron chi connectivity index (χ4n) is 1.38. The number of nitrogens with two attached hydrogens (primary N) is 1. The van der Waals surface area contributed by atoms with Crippen molar-refractivity contribution in [3.63, 3.8) is 0 Å². The molecular weight excluding hydrogens is 228 g/mol. The van der Waals surface area contributed by atoms with Crippen LogP contribution in [0, 0.1) is 0 Å². The number of amides is 1. The summed E-state index contributed by atoms with van der Waals surface area (Å²) in [6, 6.07) is 7.42. The molecule has 4 heteroatoms. The molecule has 18 heavy (non-hydrogen) atoms. The van der Waals surface area contributed by atoms with Crippen molar-refractivity contribution in [3.8, 4) is 0 Å². The molecule has 0 spiro atoms. The number of carbonyl (C=O) groups is 1. The molecule has 0 unspecified atom stereocenters. The minimum atomic E-state index is -0.179. The summed E-state index contributed by atoms with van der Waals surface area (Å²) in [4.78, 5) is 11.6. The summed E-state index contributed by atoms with van der Waals surface area (Å²) in [7, 11) is 0. The van der Waals surface area contributed by atoms with Crippen LogP contribution < -0.4 is 11.1 Å². The number of hydrogen-bond acceptors (Lipinski definition) is 3. The van der Waals surface area contributed by atoms with Gasteiger partial charge < -0.3 is 15.8 Å². The normalized spacial score (nSPS) is 11.3. The molecule has 0 aliphatic rings. The van der Waals surface area contributed by atoms with Crippen LogP contribution in [0.15, 0.2) is 24.3 Å². The molecule has 0 bridgehead atoms. The SMILES string of the molecule is CCC(C)(C)NC(=O)COCc1ccc(N)cc1. The van der Waals surface area contributed by atoms with Gasteiger partial charge in [-0.25, -0.2) is 0 Å². The van der Waals surface area contributed by atoms with Crippen LogP contribution in [-0.2, 0) is 16.1 Å². The highest BCUT2D eigenvalue weighted by atomic mass is 16.5. The third kappa shape index (κ3) is 5.19. The van der Waals surface area contributed by atoms with E-state index in [-0.39, 0.29) is 18.1 Å². The van der Waals surface area contributed by atoms with Crippen molar-refractivity contribution in [1.29, 1.82) is 0 Å². The lowest BCUT2D eigenvalue weighted by atomic mass is 10.0. The maximum atomic E-state index is 11.6. The number of ether oxygens (including phenoxy) is 1. The first-order valence-electron chi connectivity index (χ1n) is 6.16. The fraction of sp³-hybridized carbons (Fsp3) is 0.500. The van der Waals surface area contributed by atoms with Gasteiger partial charge in [0.2, 0.25) is 5.91 Å². The zero-order valence-corrected chi connectivity index (χ0v) is 11.3. The van der Waals surface area contributed by atoms with Crippen molar-refractivity contribution in [2.45, 2.75) is 39.3 Å². The Kier molecular flexibility index (Phi) is 5.16. The summed E-state index contributed by atoms with van der Waals surface area (Å²) in [5.74, 6) is -0.0858. The number of rotatable bonds is 6. The summed E-state index contributed by atoms with van der Waals surface area (Å²) >= 11 is 0. The highest BCUT2D eigenvalue weighted by Crippen LogP contribution is 2.08. The molecule has 0 saturated heterocycles. The molecule has 0 atom stereocenters. The number of anilines is 1. The van der Waals surface area contributed by atoms with Crippen LogP contribution in [0.4, 0.5) is 5.69 Å². The van der Waals surface area contributed by atoms with Crippen molar-refractivity contribution in [1.82, 2.24) is 5.32 Å². The van der Waals surface area contributed by atoms with Crippen LogP contribution in [0.5, 0.6) is 0 Å². The second-order valence-corrected chi connectivity index (χ2v) is 5.02. The second kappa shape index (κ2) is 6.40. The molecule has 0 saturated carbocycles. The van der Waals surface area contributed by atoms with Gasteiger partial charge in [-0.15, -0.1) is 0 Å². The molecule has 0 heterocycles. The van der Waals surface area contributed by atoms with E-state index in [4.69, 9.17) is 10.5 Å². The van der Waals surface area contributed by atoms with Crippen LogP contribution in [-0.4, -0.2) is 18.1 Å². The maximum Gasteiger partial charge on any atom is 0.246 e. The minimum Gasteiger partial charge on any atom is -0.399 e. The first-order chi connectivity index (χ1) is 8.43. The molecule has 0 fully saturated rings. The summed E-state index contributed by atoms with van der Waals surface area (Å²) in [5, 5.41) is 2.92. The van der Waals surface area contributed by atoms with Crippen LogP contribution >= 0.6 is 0 Å². The topological polar surface area (TPSA) is 64.3 Å². The predicted octanol–water partition coefficient (Wildman–Crippen LogP) is 2.09. The van der Waals surface area contributed by atoms with Crippen LogP contribution in [0.1, 0.15) is 32.8 Å². The smallest absolute Gasteiger partial charge is 0.246 e. The average molecular weight is 250 g/mol. The quantitative estimate of drug-likeness (QED) is 0.760. The van der Waals surface area contributed by atoms with Gasteiger partial charge in [0, 0.05) is 11.2 Å². The molecule has 0 aliphatic carbocycles. The van der Waals surface area contributed by atoms with E-state index in [0.717, 1.165) is 17.7 Å². The Morgan fingerprint density at radius 3 is 2.50 bits per heavy atom. The molecule has 1 aromatic rings. The second-order valence-electron chi connectivity index (χ2n) is 5.02. The lowest BCUT2D eigenvalue weighted by Gasteiger charge is -2.24. The Hall–Kier alpha value is -1.55. The Morgan fingerprint density at radius 1 is 1.33 bits per heavy atom. The number of carbonyl (C=O) groups excluding carboxylic acids is 1. The number of benzene rings is 1. The first kappa shape index (κ1) is 14.5. The highest BCUT2D eigenvalue weighted by molar-refractivity contribution is 5.77. The number of nitrogen functional groups attached to an aromatic ring is 1. The largest absolute Gasteiger partial charge is 0.399 e. The van der Waals surface area contributed by atoms with Crippen LogP contribution in [0.2, 0.25) is 0 Å². The Balaban J connectivity index is 2.29. The van der Waals surface area contributed by atoms with Crippen molar-refractivity contribution < 1.29 is 9.53 Å². The van der Waals surface area contributed by atoms with Gasteiger partial charge in [0.15, 0.2) is 0 Å². The Labute approximate surface area is 109 Å². The molecular formula is C14H22N2O2. The zero-order valence-electron chi connectivity index (χ0n) is 11.3. The van der Waals surface area contributed by atoms with Gasteiger partial charge in [-0.2, -0.15) is 0 Å². The standard InChI is InChI=1S/C14H22N2O2/c1-4-14(2,3)16-13(17)10-18-9-11-5-7-12(15)8-6-11/h5-8H,4,9-10,15H2,1-3H3,(H,16,17). The van der Waals surface area contributed by atoms with Crippen molar-refractivity contribution >= 4 is 11.6 Å². The average Bonchev–Trinajstić information content (AvgIpc) is 2.31. The van der Waals surface area contributed by atoms with Crippen molar-refractivity contribution in [2.24, 2.45) is 0 Å². The minimum absolute atomic E-state index is 0.0772. The molecule has 0 radical (unpaired) electrons. The van der Waals surface area contributed by atoms with Gasteiger partial charge in [0.1, 0.15) is 6.61 Å². The van der Waals surface area contributed by atoms with Gasteiger partial charge in [-0.3, -0.25) is 4.79 Å². The molecule has 0 aromatic heterocycles. The molecule has 1 aromatic carbocycles. The van der Waals surface area contributed by atoms with Gasteiger partial charge in [0.05, 0.1) is 6.61 Å². The summed E-state index contributed by atoms with van der Waals surface area (Å²) in [6.45, 7) is 6.51. The zero-order chi connectivity index (χ0) is 13.6. The molecule has 4 nitrogen and oxygen atoms in total. The summed E-state index contributed by atoms with van der Waals surface area (Å²) in [6.07, 6.45) is 0.886. The predicted molar refractivity (Wildman–Crippen MR) is 73.0 cm³/mol. The van der Waals surface area contributed by atoms with Gasteiger partial charge >= 0.3 is 0 Å². The van der Waals surface area contributed by atoms with E-state index < -0.39 is 0 Å². The van der Waals surface area contributed by atoms with E-state index in [1.54, 1.807) is 0 Å². The monoisotopic (exact) mass is 250 g/mol. The first-order valence-corrected chi connectivity index (χ1v) is 6.16. The van der Waals surface area contributed by atoms with E-state index in [1.165, 1.54) is 0 Å². The van der Waals surface area contributed by atoms with Crippen molar-refractivity contribution in [2.75, 3.05) is 12.3 Å². The van der Waals surface area contributed by atoms with Crippen molar-refractivity contribution in [3.05, 3.63) is 29.8 Å². The van der Waals surface area contributed by atoms with Gasteiger partial charge in [-0.05, 0) is 38.0 Å². The van der Waals surface area contributed by atoms with Crippen LogP contribution in [0.3, 0.4) is 0 Å². The molecule has 3 N–H and O–H groups in total. The van der Waals surface area contributed by atoms with E-state index in [0.29, 0.717) is 6.61 Å². The fourth-order valence-corrected chi connectivity index (χ4v) is 1.38. The molecule has 1 rings (SSSR count). The number of nitrogens with one attached hydrogen (secondary N) is 1. The van der Waals surface area contributed by atoms with E-state index in [2.05, 4.69) is 5.32 Å². The lowest BCUT2D eigenvalue weighted by molar-refractivity contribution is -0.127. The summed E-state index contributed by atoms with van der Waals surface area (Å²) in [5.41, 5.74) is 7.13. The van der Waals surface area contributed by atoms with Crippen LogP contribution in [0.25, 0.3) is 0 Å². The third-order valence-electron chi connectivity index (χ3n) is 2.84. The van der Waals surface area contributed by atoms with Gasteiger partial charge in [-0.1, -0.05) is 19.1 Å². The van der Waals surface area contributed by atoms with E-state index in [9.17, 15) is 4.79 Å². The molecule has 100 valence electrons. The number of hydrogen-bond donors (Lipinski definition) is 2. The molecule has 1 amide bonds. The molecule has 0 aliphatic heterocycles. The van der Waals surface area contributed by atoms with E-state index >= 15 is 0 Å². The maximum absolute atomic E-state index is 11.6. The highest BCUT2D eigenvalue weighted by Gasteiger charge is 2.17. The third-order valence-corrected chi connectivity index (χ3v) is 2.84.